The van der Waals surface area contributed by atoms with Crippen LogP contribution in [0.3, 0.4) is 0 Å². The third kappa shape index (κ3) is 1.33. The molecule has 1 N–H and O–H groups in total. The Kier molecular flexibility index (Phi) is 2.24. The van der Waals surface area contributed by atoms with Crippen LogP contribution in [0.4, 0.5) is 0 Å². The van der Waals surface area contributed by atoms with Crippen LogP contribution < -0.4 is 0 Å². The number of carbonyl (C=O) groups is 1. The van der Waals surface area contributed by atoms with E-state index in [0.29, 0.717) is 12.8 Å². The molecule has 0 aromatic rings. The van der Waals surface area contributed by atoms with Gasteiger partial charge in [-0.15, -0.1) is 0 Å². The number of carbonyl (C=O) groups excluding carboxylic acids is 1. The second-order valence-corrected chi connectivity index (χ2v) is 4.20. The molecule has 2 aliphatic rings. The lowest BCUT2D eigenvalue weighted by molar-refractivity contribution is -0.129. The molecule has 2 nitrogen and oxygen atoms in total. The Labute approximate surface area is 78.6 Å². The van der Waals surface area contributed by atoms with Crippen molar-refractivity contribution in [2.45, 2.75) is 44.6 Å². The van der Waals surface area contributed by atoms with Crippen molar-refractivity contribution in [1.29, 1.82) is 0 Å². The van der Waals surface area contributed by atoms with Crippen molar-refractivity contribution >= 4 is 5.78 Å². The van der Waals surface area contributed by atoms with Crippen LogP contribution in [-0.2, 0) is 4.79 Å². The van der Waals surface area contributed by atoms with Crippen LogP contribution in [0, 0.1) is 5.41 Å². The molecule has 0 amide bonds. The molecule has 2 heteroatoms. The van der Waals surface area contributed by atoms with E-state index >= 15 is 0 Å². The van der Waals surface area contributed by atoms with Crippen LogP contribution in [0.25, 0.3) is 0 Å². The minimum atomic E-state index is -0.396. The van der Waals surface area contributed by atoms with E-state index in [2.05, 4.69) is 12.2 Å². The van der Waals surface area contributed by atoms with Crippen molar-refractivity contribution < 1.29 is 9.90 Å². The number of ketones is 1. The first-order chi connectivity index (χ1) is 6.26. The highest BCUT2D eigenvalue weighted by Crippen LogP contribution is 2.44. The Hall–Kier alpha value is -0.630. The van der Waals surface area contributed by atoms with Crippen molar-refractivity contribution in [3.63, 3.8) is 0 Å². The molecular weight excluding hydrogens is 164 g/mol. The van der Waals surface area contributed by atoms with E-state index in [9.17, 15) is 9.90 Å². The summed E-state index contributed by atoms with van der Waals surface area (Å²) >= 11 is 0. The van der Waals surface area contributed by atoms with Gasteiger partial charge in [0.1, 0.15) is 5.78 Å². The first-order valence-electron chi connectivity index (χ1n) is 5.12. The molecule has 72 valence electrons. The van der Waals surface area contributed by atoms with Gasteiger partial charge in [-0.3, -0.25) is 4.79 Å². The molecular formula is C11H16O2. The lowest BCUT2D eigenvalue weighted by Gasteiger charge is -2.28. The summed E-state index contributed by atoms with van der Waals surface area (Å²) in [6, 6.07) is 0. The second-order valence-electron chi connectivity index (χ2n) is 4.20. The summed E-state index contributed by atoms with van der Waals surface area (Å²) in [5.41, 5.74) is -0.396. The fourth-order valence-electron chi connectivity index (χ4n) is 2.58. The van der Waals surface area contributed by atoms with E-state index in [1.54, 1.807) is 0 Å². The molecule has 0 aliphatic heterocycles. The molecule has 2 rings (SSSR count). The van der Waals surface area contributed by atoms with E-state index in [1.807, 2.05) is 0 Å². The number of aliphatic hydroxyl groups excluding tert-OH is 1. The first-order valence-corrected chi connectivity index (χ1v) is 5.12. The predicted molar refractivity (Wildman–Crippen MR) is 50.3 cm³/mol. The number of Topliss-reactive ketones (excluding diaryl/α,β-unsaturated/α-hetero) is 1. The van der Waals surface area contributed by atoms with E-state index in [4.69, 9.17) is 0 Å². The number of allylic oxidation sites excluding steroid dienone is 2. The first kappa shape index (κ1) is 8.95. The molecule has 2 unspecified atom stereocenters. The summed E-state index contributed by atoms with van der Waals surface area (Å²) in [5, 5.41) is 9.85. The summed E-state index contributed by atoms with van der Waals surface area (Å²) in [6.07, 6.45) is 8.80. The average molecular weight is 180 g/mol. The van der Waals surface area contributed by atoms with Gasteiger partial charge < -0.3 is 5.11 Å². The van der Waals surface area contributed by atoms with E-state index in [-0.39, 0.29) is 11.9 Å². The highest BCUT2D eigenvalue weighted by molar-refractivity contribution is 5.88. The summed E-state index contributed by atoms with van der Waals surface area (Å²) in [5.74, 6) is 0.284. The largest absolute Gasteiger partial charge is 0.392 e. The molecule has 2 aliphatic carbocycles. The lowest BCUT2D eigenvalue weighted by Crippen LogP contribution is -2.35. The van der Waals surface area contributed by atoms with Crippen LogP contribution >= 0.6 is 0 Å². The summed E-state index contributed by atoms with van der Waals surface area (Å²) in [6.45, 7) is 0. The zero-order valence-electron chi connectivity index (χ0n) is 7.83. The van der Waals surface area contributed by atoms with Crippen LogP contribution in [-0.4, -0.2) is 17.0 Å². The summed E-state index contributed by atoms with van der Waals surface area (Å²) in [7, 11) is 0. The Morgan fingerprint density at radius 1 is 1.46 bits per heavy atom. The lowest BCUT2D eigenvalue weighted by atomic mass is 9.77. The quantitative estimate of drug-likeness (QED) is 0.577. The highest BCUT2D eigenvalue weighted by Gasteiger charge is 2.47. The van der Waals surface area contributed by atoms with Gasteiger partial charge >= 0.3 is 0 Å². The summed E-state index contributed by atoms with van der Waals surface area (Å²) < 4.78 is 0. The molecule has 0 heterocycles. The second kappa shape index (κ2) is 3.26. The maximum atomic E-state index is 11.7. The summed E-state index contributed by atoms with van der Waals surface area (Å²) in [4.78, 5) is 11.7. The fourth-order valence-corrected chi connectivity index (χ4v) is 2.58. The van der Waals surface area contributed by atoms with Crippen LogP contribution in [0.5, 0.6) is 0 Å². The Balaban J connectivity index is 2.25. The standard InChI is InChI=1S/C11H16O2/c12-9-5-6-10(13)11(9)7-3-1-2-4-8-11/h1,3,9,12H,2,4-8H2. The molecule has 0 bridgehead atoms. The number of hydrogen-bond donors (Lipinski definition) is 1. The van der Waals surface area contributed by atoms with Crippen molar-refractivity contribution in [3.8, 4) is 0 Å². The minimum Gasteiger partial charge on any atom is -0.392 e. The SMILES string of the molecule is O=C1CCC(O)C12CC=CCCC2. The van der Waals surface area contributed by atoms with E-state index < -0.39 is 5.41 Å². The third-order valence-corrected chi connectivity index (χ3v) is 3.48. The van der Waals surface area contributed by atoms with Gasteiger partial charge in [-0.1, -0.05) is 12.2 Å². The molecule has 2 atom stereocenters. The van der Waals surface area contributed by atoms with Crippen molar-refractivity contribution in [1.82, 2.24) is 0 Å². The fraction of sp³-hybridized carbons (Fsp3) is 0.727. The van der Waals surface area contributed by atoms with Crippen molar-refractivity contribution in [3.05, 3.63) is 12.2 Å². The van der Waals surface area contributed by atoms with Gasteiger partial charge in [-0.25, -0.2) is 0 Å². The number of aliphatic hydroxyl groups is 1. The average Bonchev–Trinajstić information content (AvgIpc) is 2.38. The van der Waals surface area contributed by atoms with Crippen molar-refractivity contribution in [2.24, 2.45) is 5.41 Å². The maximum Gasteiger partial charge on any atom is 0.142 e. The minimum absolute atomic E-state index is 0.284. The van der Waals surface area contributed by atoms with Gasteiger partial charge in [0.25, 0.3) is 0 Å². The van der Waals surface area contributed by atoms with Gasteiger partial charge in [0.2, 0.25) is 0 Å². The molecule has 1 saturated carbocycles. The molecule has 0 radical (unpaired) electrons. The third-order valence-electron chi connectivity index (χ3n) is 3.48. The zero-order valence-corrected chi connectivity index (χ0v) is 7.83. The predicted octanol–water partition coefficient (Wildman–Crippen LogP) is 1.83. The monoisotopic (exact) mass is 180 g/mol. The van der Waals surface area contributed by atoms with Crippen LogP contribution in [0.2, 0.25) is 0 Å². The highest BCUT2D eigenvalue weighted by atomic mass is 16.3. The zero-order chi connectivity index (χ0) is 9.31. The van der Waals surface area contributed by atoms with Crippen molar-refractivity contribution in [2.75, 3.05) is 0 Å². The molecule has 13 heavy (non-hydrogen) atoms. The Bertz CT molecular complexity index is 244. The van der Waals surface area contributed by atoms with Gasteiger partial charge in [0.15, 0.2) is 0 Å². The number of rotatable bonds is 0. The molecule has 0 aromatic carbocycles. The molecule has 1 fully saturated rings. The molecule has 1 spiro atoms. The van der Waals surface area contributed by atoms with Crippen LogP contribution in [0.15, 0.2) is 12.2 Å². The van der Waals surface area contributed by atoms with Gasteiger partial charge in [-0.2, -0.15) is 0 Å². The van der Waals surface area contributed by atoms with Crippen LogP contribution in [0.1, 0.15) is 38.5 Å². The van der Waals surface area contributed by atoms with E-state index in [1.165, 1.54) is 0 Å². The van der Waals surface area contributed by atoms with Gasteiger partial charge in [0, 0.05) is 6.42 Å². The number of hydrogen-bond acceptors (Lipinski definition) is 2. The maximum absolute atomic E-state index is 11.7. The normalized spacial score (nSPS) is 39.8. The van der Waals surface area contributed by atoms with E-state index in [0.717, 1.165) is 25.7 Å². The smallest absolute Gasteiger partial charge is 0.142 e. The Morgan fingerprint density at radius 3 is 3.00 bits per heavy atom. The van der Waals surface area contributed by atoms with Gasteiger partial charge in [-0.05, 0) is 32.1 Å². The molecule has 0 saturated heterocycles. The topological polar surface area (TPSA) is 37.3 Å². The molecule has 0 aromatic heterocycles. The van der Waals surface area contributed by atoms with Gasteiger partial charge in [0.05, 0.1) is 11.5 Å². The Morgan fingerprint density at radius 2 is 2.31 bits per heavy atom.